The van der Waals surface area contributed by atoms with Gasteiger partial charge < -0.3 is 0 Å². The zero-order valence-corrected chi connectivity index (χ0v) is 6.94. The van der Waals surface area contributed by atoms with Crippen molar-refractivity contribution < 1.29 is 0 Å². The van der Waals surface area contributed by atoms with Gasteiger partial charge in [-0.25, -0.2) is 0 Å². The van der Waals surface area contributed by atoms with Crippen molar-refractivity contribution in [1.29, 1.82) is 0 Å². The van der Waals surface area contributed by atoms with Crippen LogP contribution in [0, 0.1) is 0 Å². The van der Waals surface area contributed by atoms with E-state index in [1.807, 2.05) is 0 Å². The second-order valence-electron chi connectivity index (χ2n) is 2.76. The van der Waals surface area contributed by atoms with Crippen molar-refractivity contribution in [2.24, 2.45) is 0 Å². The molecule has 0 saturated carbocycles. The van der Waals surface area contributed by atoms with Crippen LogP contribution in [0.1, 0.15) is 0 Å². The van der Waals surface area contributed by atoms with Gasteiger partial charge >= 0.3 is 42.4 Å². The fourth-order valence-electron chi connectivity index (χ4n) is 0. The normalized spacial score (nSPS) is 14.7. The average molecular weight is 124 g/mol. The maximum atomic E-state index is 2.79. The second kappa shape index (κ2) is 2.24. The summed E-state index contributed by atoms with van der Waals surface area (Å²) in [6.07, 6.45) is 0. The SMILES string of the molecule is C[PH](C)(C)CP. The van der Waals surface area contributed by atoms with Gasteiger partial charge in [-0.05, 0) is 0 Å². The van der Waals surface area contributed by atoms with Gasteiger partial charge in [-0.15, -0.1) is 0 Å². The summed E-state index contributed by atoms with van der Waals surface area (Å²) in [6, 6.07) is 0. The van der Waals surface area contributed by atoms with Gasteiger partial charge in [-0.3, -0.25) is 0 Å². The number of rotatable bonds is 1. The van der Waals surface area contributed by atoms with Crippen LogP contribution in [-0.4, -0.2) is 25.9 Å². The average Bonchev–Trinajstić information content (AvgIpc) is 1.35. The zero-order chi connectivity index (χ0) is 5.21. The van der Waals surface area contributed by atoms with Crippen molar-refractivity contribution in [3.8, 4) is 0 Å². The van der Waals surface area contributed by atoms with Gasteiger partial charge in [0.1, 0.15) is 0 Å². The van der Waals surface area contributed by atoms with E-state index in [2.05, 4.69) is 29.2 Å². The Morgan fingerprint density at radius 1 is 1.33 bits per heavy atom. The Kier molecular flexibility index (Phi) is 2.56. The number of hydrogen-bond acceptors (Lipinski definition) is 0. The Balaban J connectivity index is 3.17. The molecule has 0 nitrogen and oxygen atoms in total. The van der Waals surface area contributed by atoms with E-state index in [-0.39, 0.29) is 0 Å². The molecule has 0 heterocycles. The predicted molar refractivity (Wildman–Crippen MR) is 40.7 cm³/mol. The first-order valence-corrected chi connectivity index (χ1v) is 6.79. The van der Waals surface area contributed by atoms with Gasteiger partial charge in [0.05, 0.1) is 0 Å². The fraction of sp³-hybridized carbons (Fsp3) is 1.00. The molecule has 0 aliphatic carbocycles. The third-order valence-electron chi connectivity index (χ3n) is 0.612. The summed E-state index contributed by atoms with van der Waals surface area (Å²) in [6.45, 7) is 7.08. The molecule has 0 aromatic carbocycles. The molecule has 1 atom stereocenters. The van der Waals surface area contributed by atoms with Gasteiger partial charge in [0.15, 0.2) is 0 Å². The van der Waals surface area contributed by atoms with Crippen molar-refractivity contribution >= 4 is 16.5 Å². The van der Waals surface area contributed by atoms with Crippen molar-refractivity contribution in [2.75, 3.05) is 25.9 Å². The van der Waals surface area contributed by atoms with E-state index < -0.39 is 7.26 Å². The van der Waals surface area contributed by atoms with Crippen LogP contribution in [0.2, 0.25) is 0 Å². The topological polar surface area (TPSA) is 0 Å². The third-order valence-corrected chi connectivity index (χ3v) is 5.51. The van der Waals surface area contributed by atoms with Crippen molar-refractivity contribution in [3.05, 3.63) is 0 Å². The van der Waals surface area contributed by atoms with Gasteiger partial charge in [0.2, 0.25) is 0 Å². The maximum absolute atomic E-state index is 2.79. The predicted octanol–water partition coefficient (Wildman–Crippen LogP) is 1.46. The molecule has 0 aromatic rings. The molecular weight excluding hydrogens is 110 g/mol. The van der Waals surface area contributed by atoms with Crippen LogP contribution < -0.4 is 0 Å². The molecule has 0 rings (SSSR count). The quantitative estimate of drug-likeness (QED) is 0.464. The summed E-state index contributed by atoms with van der Waals surface area (Å²) in [5.41, 5.74) is 0. The van der Waals surface area contributed by atoms with Gasteiger partial charge in [0, 0.05) is 0 Å². The van der Waals surface area contributed by atoms with E-state index >= 15 is 0 Å². The Labute approximate surface area is 43.2 Å². The summed E-state index contributed by atoms with van der Waals surface area (Å²) in [5.74, 6) is 1.33. The molecule has 6 heavy (non-hydrogen) atoms. The molecule has 0 aliphatic rings. The first kappa shape index (κ1) is 6.86. The van der Waals surface area contributed by atoms with Crippen molar-refractivity contribution in [3.63, 3.8) is 0 Å². The molecule has 0 amide bonds. The van der Waals surface area contributed by atoms with Crippen LogP contribution in [0.5, 0.6) is 0 Å². The monoisotopic (exact) mass is 124 g/mol. The number of hydrogen-bond donors (Lipinski definition) is 0. The summed E-state index contributed by atoms with van der Waals surface area (Å²) in [7, 11) is 2.12. The molecule has 40 valence electrons. The summed E-state index contributed by atoms with van der Waals surface area (Å²) in [5, 5.41) is 0. The molecule has 0 bridgehead atoms. The molecule has 0 radical (unpaired) electrons. The van der Waals surface area contributed by atoms with E-state index in [9.17, 15) is 0 Å². The van der Waals surface area contributed by atoms with Crippen LogP contribution >= 0.6 is 16.5 Å². The van der Waals surface area contributed by atoms with E-state index in [0.717, 1.165) is 0 Å². The molecule has 1 unspecified atom stereocenters. The van der Waals surface area contributed by atoms with Gasteiger partial charge in [0.25, 0.3) is 0 Å². The third kappa shape index (κ3) is 4.86. The summed E-state index contributed by atoms with van der Waals surface area (Å²) < 4.78 is 0. The van der Waals surface area contributed by atoms with Crippen LogP contribution in [0.15, 0.2) is 0 Å². The molecule has 0 spiro atoms. The molecule has 0 aliphatic heterocycles. The van der Waals surface area contributed by atoms with Crippen LogP contribution in [-0.2, 0) is 0 Å². The van der Waals surface area contributed by atoms with Gasteiger partial charge in [-0.1, -0.05) is 0 Å². The Bertz CT molecular complexity index is 35.3. The van der Waals surface area contributed by atoms with Gasteiger partial charge in [-0.2, -0.15) is 0 Å². The van der Waals surface area contributed by atoms with Crippen LogP contribution in [0.4, 0.5) is 0 Å². The van der Waals surface area contributed by atoms with Crippen molar-refractivity contribution in [1.82, 2.24) is 0 Å². The molecule has 0 N–H and O–H groups in total. The van der Waals surface area contributed by atoms with E-state index in [4.69, 9.17) is 0 Å². The van der Waals surface area contributed by atoms with E-state index in [1.54, 1.807) is 0 Å². The van der Waals surface area contributed by atoms with Crippen LogP contribution in [0.25, 0.3) is 0 Å². The molecule has 0 fully saturated rings. The Morgan fingerprint density at radius 2 is 1.50 bits per heavy atom. The Hall–Kier alpha value is 0.860. The minimum atomic E-state index is -0.668. The molecule has 2 heteroatoms. The van der Waals surface area contributed by atoms with Crippen molar-refractivity contribution in [2.45, 2.75) is 0 Å². The summed E-state index contributed by atoms with van der Waals surface area (Å²) in [4.78, 5) is 0. The van der Waals surface area contributed by atoms with E-state index in [1.165, 1.54) is 5.90 Å². The Morgan fingerprint density at radius 3 is 1.50 bits per heavy atom. The van der Waals surface area contributed by atoms with E-state index in [0.29, 0.717) is 0 Å². The molecule has 0 saturated heterocycles. The molecule has 0 aromatic heterocycles. The fourth-order valence-corrected chi connectivity index (χ4v) is 0. The minimum absolute atomic E-state index is 0.668. The zero-order valence-electron chi connectivity index (χ0n) is 4.78. The standard InChI is InChI=1S/C4H14P2/c1-6(2,3)4-5/h6H,4-5H2,1-3H3. The second-order valence-corrected chi connectivity index (χ2v) is 9.52. The molecular formula is C4H14P2. The van der Waals surface area contributed by atoms with Crippen LogP contribution in [0.3, 0.4) is 0 Å². The first-order chi connectivity index (χ1) is 2.56. The first-order valence-electron chi connectivity index (χ1n) is 2.26. The summed E-state index contributed by atoms with van der Waals surface area (Å²) >= 11 is 0.